The molecule has 1 rings (SSSR count). The van der Waals surface area contributed by atoms with Gasteiger partial charge in [-0.2, -0.15) is 0 Å². The van der Waals surface area contributed by atoms with Crippen molar-refractivity contribution in [3.05, 3.63) is 0 Å². The fourth-order valence-electron chi connectivity index (χ4n) is 1.05. The molecule has 1 fully saturated rings. The van der Waals surface area contributed by atoms with Crippen LogP contribution in [0.3, 0.4) is 0 Å². The van der Waals surface area contributed by atoms with E-state index in [4.69, 9.17) is 4.74 Å². The second-order valence-corrected chi connectivity index (χ2v) is 2.83. The van der Waals surface area contributed by atoms with E-state index in [0.29, 0.717) is 19.1 Å². The zero-order valence-electron chi connectivity index (χ0n) is 5.89. The summed E-state index contributed by atoms with van der Waals surface area (Å²) in [5.74, 6) is 0.884. The van der Waals surface area contributed by atoms with Gasteiger partial charge in [-0.05, 0) is 5.92 Å². The summed E-state index contributed by atoms with van der Waals surface area (Å²) in [6, 6.07) is 0. The lowest BCUT2D eigenvalue weighted by Crippen LogP contribution is -2.17. The van der Waals surface area contributed by atoms with Crippen molar-refractivity contribution in [3.63, 3.8) is 0 Å². The molecular weight excluding hydrogens is 116 g/mol. The molecule has 0 aromatic carbocycles. The largest absolute Gasteiger partial charge is 0.373 e. The summed E-state index contributed by atoms with van der Waals surface area (Å²) in [6.07, 6.45) is 0. The highest BCUT2D eigenvalue weighted by molar-refractivity contribution is 5.84. The molecule has 1 aliphatic heterocycles. The van der Waals surface area contributed by atoms with Crippen molar-refractivity contribution >= 4 is 5.78 Å². The maximum absolute atomic E-state index is 10.9. The van der Waals surface area contributed by atoms with Crippen molar-refractivity contribution in [1.82, 2.24) is 0 Å². The van der Waals surface area contributed by atoms with Gasteiger partial charge in [0.2, 0.25) is 0 Å². The first-order valence-corrected chi connectivity index (χ1v) is 3.32. The molecule has 2 nitrogen and oxygen atoms in total. The summed E-state index contributed by atoms with van der Waals surface area (Å²) < 4.78 is 4.98. The Labute approximate surface area is 55.2 Å². The number of ether oxygens (including phenoxy) is 1. The maximum atomic E-state index is 10.9. The molecule has 1 atom stereocenters. The number of hydrogen-bond donors (Lipinski definition) is 0. The topological polar surface area (TPSA) is 26.3 Å². The molecule has 0 N–H and O–H groups in total. The second-order valence-electron chi connectivity index (χ2n) is 2.83. The molecule has 1 saturated heterocycles. The summed E-state index contributed by atoms with van der Waals surface area (Å²) in [5.41, 5.74) is 0. The molecule has 0 aromatic rings. The lowest BCUT2D eigenvalue weighted by atomic mass is 9.95. The third-order valence-corrected chi connectivity index (χ3v) is 1.76. The minimum absolute atomic E-state index is 0.171. The van der Waals surface area contributed by atoms with Gasteiger partial charge in [0.25, 0.3) is 0 Å². The van der Waals surface area contributed by atoms with Gasteiger partial charge in [-0.1, -0.05) is 13.8 Å². The van der Waals surface area contributed by atoms with Gasteiger partial charge in [-0.25, -0.2) is 0 Å². The summed E-state index contributed by atoms with van der Waals surface area (Å²) >= 11 is 0. The zero-order chi connectivity index (χ0) is 6.85. The standard InChI is InChI=1S/C7H12O2/c1-5(2)6-3-9-4-7(6)8/h5-6H,3-4H2,1-2H3. The monoisotopic (exact) mass is 128 g/mol. The molecule has 1 unspecified atom stereocenters. The predicted molar refractivity (Wildman–Crippen MR) is 34.2 cm³/mol. The first kappa shape index (κ1) is 6.75. The van der Waals surface area contributed by atoms with Crippen LogP contribution >= 0.6 is 0 Å². The van der Waals surface area contributed by atoms with E-state index in [-0.39, 0.29) is 11.7 Å². The normalized spacial score (nSPS) is 27.9. The fraction of sp³-hybridized carbons (Fsp3) is 0.857. The summed E-state index contributed by atoms with van der Waals surface area (Å²) in [5, 5.41) is 0. The molecule has 0 bridgehead atoms. The van der Waals surface area contributed by atoms with E-state index >= 15 is 0 Å². The third kappa shape index (κ3) is 1.30. The highest BCUT2D eigenvalue weighted by atomic mass is 16.5. The maximum Gasteiger partial charge on any atom is 0.164 e. The molecule has 0 aromatic heterocycles. The Morgan fingerprint density at radius 3 is 2.56 bits per heavy atom. The molecule has 1 aliphatic rings. The highest BCUT2D eigenvalue weighted by Crippen LogP contribution is 2.17. The smallest absolute Gasteiger partial charge is 0.164 e. The fourth-order valence-corrected chi connectivity index (χ4v) is 1.05. The number of ketones is 1. The van der Waals surface area contributed by atoms with Crippen LogP contribution in [0.25, 0.3) is 0 Å². The molecule has 0 saturated carbocycles. The van der Waals surface area contributed by atoms with E-state index in [1.165, 1.54) is 0 Å². The van der Waals surface area contributed by atoms with E-state index < -0.39 is 0 Å². The summed E-state index contributed by atoms with van der Waals surface area (Å²) in [7, 11) is 0. The molecule has 0 spiro atoms. The Bertz CT molecular complexity index is 118. The molecule has 1 heterocycles. The first-order chi connectivity index (χ1) is 4.22. The van der Waals surface area contributed by atoms with Crippen molar-refractivity contribution in [2.45, 2.75) is 13.8 Å². The molecule has 0 amide bonds. The van der Waals surface area contributed by atoms with Gasteiger partial charge in [0.1, 0.15) is 6.61 Å². The first-order valence-electron chi connectivity index (χ1n) is 3.32. The van der Waals surface area contributed by atoms with Gasteiger partial charge in [0.05, 0.1) is 6.61 Å². The quantitative estimate of drug-likeness (QED) is 0.523. The van der Waals surface area contributed by atoms with Crippen LogP contribution in [0.4, 0.5) is 0 Å². The average molecular weight is 128 g/mol. The van der Waals surface area contributed by atoms with E-state index in [9.17, 15) is 4.79 Å². The number of Topliss-reactive ketones (excluding diaryl/α,β-unsaturated/α-hetero) is 1. The molecule has 0 aliphatic carbocycles. The lowest BCUT2D eigenvalue weighted by Gasteiger charge is -2.08. The minimum atomic E-state index is 0.171. The molecular formula is C7H12O2. The van der Waals surface area contributed by atoms with Crippen LogP contribution in [0, 0.1) is 11.8 Å². The van der Waals surface area contributed by atoms with Gasteiger partial charge < -0.3 is 4.74 Å². The Morgan fingerprint density at radius 2 is 2.33 bits per heavy atom. The number of hydrogen-bond acceptors (Lipinski definition) is 2. The third-order valence-electron chi connectivity index (χ3n) is 1.76. The summed E-state index contributed by atoms with van der Waals surface area (Å²) in [4.78, 5) is 10.9. The highest BCUT2D eigenvalue weighted by Gasteiger charge is 2.27. The van der Waals surface area contributed by atoms with Crippen molar-refractivity contribution in [2.75, 3.05) is 13.2 Å². The van der Waals surface area contributed by atoms with Gasteiger partial charge >= 0.3 is 0 Å². The van der Waals surface area contributed by atoms with Crippen LogP contribution in [0.1, 0.15) is 13.8 Å². The molecule has 52 valence electrons. The van der Waals surface area contributed by atoms with Crippen molar-refractivity contribution in [1.29, 1.82) is 0 Å². The van der Waals surface area contributed by atoms with Gasteiger partial charge in [-0.15, -0.1) is 0 Å². The Hall–Kier alpha value is -0.370. The van der Waals surface area contributed by atoms with Crippen LogP contribution in [-0.4, -0.2) is 19.0 Å². The van der Waals surface area contributed by atoms with Crippen LogP contribution < -0.4 is 0 Å². The van der Waals surface area contributed by atoms with Gasteiger partial charge in [0.15, 0.2) is 5.78 Å². The Balaban J connectivity index is 2.49. The second kappa shape index (κ2) is 2.48. The van der Waals surface area contributed by atoms with Crippen LogP contribution in [-0.2, 0) is 9.53 Å². The SMILES string of the molecule is CC(C)C1COCC1=O. The molecule has 9 heavy (non-hydrogen) atoms. The van der Waals surface area contributed by atoms with Crippen LogP contribution in [0.5, 0.6) is 0 Å². The lowest BCUT2D eigenvalue weighted by molar-refractivity contribution is -0.121. The van der Waals surface area contributed by atoms with E-state index in [1.807, 2.05) is 0 Å². The van der Waals surface area contributed by atoms with Crippen molar-refractivity contribution in [3.8, 4) is 0 Å². The van der Waals surface area contributed by atoms with Crippen molar-refractivity contribution in [2.24, 2.45) is 11.8 Å². The molecule has 2 heteroatoms. The van der Waals surface area contributed by atoms with E-state index in [0.717, 1.165) is 0 Å². The number of rotatable bonds is 1. The predicted octanol–water partition coefficient (Wildman–Crippen LogP) is 0.858. The zero-order valence-corrected chi connectivity index (χ0v) is 5.89. The van der Waals surface area contributed by atoms with Crippen molar-refractivity contribution < 1.29 is 9.53 Å². The Morgan fingerprint density at radius 1 is 1.67 bits per heavy atom. The average Bonchev–Trinajstić information content (AvgIpc) is 2.13. The van der Waals surface area contributed by atoms with E-state index in [2.05, 4.69) is 13.8 Å². The van der Waals surface area contributed by atoms with E-state index in [1.54, 1.807) is 0 Å². The van der Waals surface area contributed by atoms with Crippen LogP contribution in [0.2, 0.25) is 0 Å². The van der Waals surface area contributed by atoms with Crippen LogP contribution in [0.15, 0.2) is 0 Å². The minimum Gasteiger partial charge on any atom is -0.373 e. The number of carbonyl (C=O) groups is 1. The van der Waals surface area contributed by atoms with Gasteiger partial charge in [-0.3, -0.25) is 4.79 Å². The Kier molecular flexibility index (Phi) is 1.86. The molecule has 0 radical (unpaired) electrons. The van der Waals surface area contributed by atoms with Gasteiger partial charge in [0, 0.05) is 5.92 Å². The number of carbonyl (C=O) groups excluding carboxylic acids is 1. The summed E-state index contributed by atoms with van der Waals surface area (Å²) in [6.45, 7) is 5.08.